The van der Waals surface area contributed by atoms with Gasteiger partial charge in [0.15, 0.2) is 0 Å². The highest BCUT2D eigenvalue weighted by Crippen LogP contribution is 2.21. The van der Waals surface area contributed by atoms with Crippen LogP contribution in [0.4, 0.5) is 0 Å². The van der Waals surface area contributed by atoms with E-state index in [-0.39, 0.29) is 0 Å². The molecule has 1 aliphatic carbocycles. The monoisotopic (exact) mass is 253 g/mol. The Balaban J connectivity index is 2.04. The maximum atomic E-state index is 4.88. The Bertz CT molecular complexity index is 480. The van der Waals surface area contributed by atoms with Gasteiger partial charge in [-0.2, -0.15) is 0 Å². The van der Waals surface area contributed by atoms with E-state index in [1.165, 1.54) is 16.8 Å². The number of hydrogen-bond acceptors (Lipinski definition) is 1. The van der Waals surface area contributed by atoms with E-state index in [9.17, 15) is 0 Å². The molecule has 19 heavy (non-hydrogen) atoms. The highest BCUT2D eigenvalue weighted by molar-refractivity contribution is 6.04. The van der Waals surface area contributed by atoms with Gasteiger partial charge in [-0.15, -0.1) is 0 Å². The fourth-order valence-corrected chi connectivity index (χ4v) is 2.52. The average molecular weight is 253 g/mol. The first-order valence-electron chi connectivity index (χ1n) is 7.31. The summed E-state index contributed by atoms with van der Waals surface area (Å²) in [7, 11) is 0. The molecule has 2 rings (SSSR count). The van der Waals surface area contributed by atoms with E-state index >= 15 is 0 Å². The first kappa shape index (κ1) is 13.8. The van der Waals surface area contributed by atoms with Crippen molar-refractivity contribution in [1.82, 2.24) is 0 Å². The lowest BCUT2D eigenvalue weighted by atomic mass is 9.88. The van der Waals surface area contributed by atoms with Crippen LogP contribution < -0.4 is 0 Å². The molecule has 1 atom stereocenters. The zero-order valence-electron chi connectivity index (χ0n) is 12.0. The Labute approximate surface area is 116 Å². The van der Waals surface area contributed by atoms with Crippen LogP contribution in [0.3, 0.4) is 0 Å². The molecule has 1 unspecified atom stereocenters. The molecule has 1 heteroatoms. The third-order valence-corrected chi connectivity index (χ3v) is 3.67. The molecule has 0 aromatic heterocycles. The van der Waals surface area contributed by atoms with Crippen molar-refractivity contribution in [3.63, 3.8) is 0 Å². The number of hydrogen-bond donors (Lipinski definition) is 0. The molecule has 0 amide bonds. The summed E-state index contributed by atoms with van der Waals surface area (Å²) in [5.41, 5.74) is 4.08. The quantitative estimate of drug-likeness (QED) is 0.727. The Morgan fingerprint density at radius 1 is 1.11 bits per heavy atom. The van der Waals surface area contributed by atoms with E-state index in [1.807, 2.05) is 0 Å². The lowest BCUT2D eigenvalue weighted by Crippen LogP contribution is -2.17. The zero-order chi connectivity index (χ0) is 13.5. The Morgan fingerprint density at radius 3 is 2.58 bits per heavy atom. The number of rotatable bonds is 5. The summed E-state index contributed by atoms with van der Waals surface area (Å²) in [6.07, 6.45) is 9.92. The van der Waals surface area contributed by atoms with Gasteiger partial charge in [0.1, 0.15) is 0 Å². The summed E-state index contributed by atoms with van der Waals surface area (Å²) in [5.74, 6) is 0.510. The van der Waals surface area contributed by atoms with Crippen molar-refractivity contribution in [3.8, 4) is 0 Å². The minimum atomic E-state index is 0.510. The van der Waals surface area contributed by atoms with Gasteiger partial charge < -0.3 is 0 Å². The van der Waals surface area contributed by atoms with Crippen LogP contribution in [-0.4, -0.2) is 12.3 Å². The summed E-state index contributed by atoms with van der Waals surface area (Å²) >= 11 is 0. The molecule has 0 heterocycles. The van der Waals surface area contributed by atoms with Gasteiger partial charge in [-0.3, -0.25) is 4.99 Å². The van der Waals surface area contributed by atoms with Crippen molar-refractivity contribution in [2.45, 2.75) is 33.1 Å². The maximum absolute atomic E-state index is 4.88. The maximum Gasteiger partial charge on any atom is 0.0448 e. The first-order chi connectivity index (χ1) is 9.35. The summed E-state index contributed by atoms with van der Waals surface area (Å²) in [4.78, 5) is 4.88. The number of aliphatic imine (C=N–C) groups is 1. The molecule has 1 aromatic carbocycles. The minimum Gasteiger partial charge on any atom is -0.289 e. The topological polar surface area (TPSA) is 12.4 Å². The molecule has 0 saturated heterocycles. The van der Waals surface area contributed by atoms with E-state index in [2.05, 4.69) is 62.4 Å². The second kappa shape index (κ2) is 7.08. The number of nitrogens with zero attached hydrogens (tertiary/aromatic N) is 1. The van der Waals surface area contributed by atoms with Crippen LogP contribution in [0.2, 0.25) is 0 Å². The van der Waals surface area contributed by atoms with E-state index in [4.69, 9.17) is 4.99 Å². The average Bonchev–Trinajstić information content (AvgIpc) is 2.48. The molecule has 0 saturated carbocycles. The molecular formula is C18H23N. The predicted octanol–water partition coefficient (Wildman–Crippen LogP) is 4.60. The fourth-order valence-electron chi connectivity index (χ4n) is 2.52. The molecule has 0 bridgehead atoms. The fraction of sp³-hybridized carbons (Fsp3) is 0.389. The lowest BCUT2D eigenvalue weighted by molar-refractivity contribution is 0.793. The SMILES string of the molecule is CCC1=CC=CC(CC)C1=NCCc1ccccc1. The predicted molar refractivity (Wildman–Crippen MR) is 83.7 cm³/mol. The van der Waals surface area contributed by atoms with Crippen molar-refractivity contribution in [3.05, 3.63) is 59.7 Å². The second-order valence-electron chi connectivity index (χ2n) is 4.95. The van der Waals surface area contributed by atoms with Gasteiger partial charge in [-0.1, -0.05) is 62.4 Å². The van der Waals surface area contributed by atoms with Crippen molar-refractivity contribution < 1.29 is 0 Å². The van der Waals surface area contributed by atoms with Gasteiger partial charge >= 0.3 is 0 Å². The Kier molecular flexibility index (Phi) is 5.14. The van der Waals surface area contributed by atoms with Crippen LogP contribution in [0.5, 0.6) is 0 Å². The Morgan fingerprint density at radius 2 is 1.89 bits per heavy atom. The molecule has 0 aliphatic heterocycles. The van der Waals surface area contributed by atoms with Gasteiger partial charge in [0.05, 0.1) is 0 Å². The summed E-state index contributed by atoms with van der Waals surface area (Å²) in [6.45, 7) is 5.34. The van der Waals surface area contributed by atoms with E-state index < -0.39 is 0 Å². The molecule has 0 spiro atoms. The van der Waals surface area contributed by atoms with Crippen LogP contribution in [0.25, 0.3) is 0 Å². The van der Waals surface area contributed by atoms with Crippen molar-refractivity contribution in [2.24, 2.45) is 10.9 Å². The number of allylic oxidation sites excluding steroid dienone is 4. The van der Waals surface area contributed by atoms with Crippen LogP contribution in [0.15, 0.2) is 59.1 Å². The first-order valence-corrected chi connectivity index (χ1v) is 7.31. The number of benzene rings is 1. The standard InChI is InChI=1S/C18H23N/c1-3-16-11-8-12-17(4-2)18(16)19-14-13-15-9-6-5-7-10-15/h5-12,16H,3-4,13-14H2,1-2H3. The molecular weight excluding hydrogens is 230 g/mol. The van der Waals surface area contributed by atoms with Crippen LogP contribution in [-0.2, 0) is 6.42 Å². The molecule has 1 nitrogen and oxygen atoms in total. The molecule has 1 aliphatic rings. The summed E-state index contributed by atoms with van der Waals surface area (Å²) < 4.78 is 0. The second-order valence-corrected chi connectivity index (χ2v) is 4.95. The third kappa shape index (κ3) is 3.66. The van der Waals surface area contributed by atoms with Gasteiger partial charge in [-0.05, 0) is 30.4 Å². The normalized spacial score (nSPS) is 20.6. The van der Waals surface area contributed by atoms with Crippen molar-refractivity contribution >= 4 is 5.71 Å². The lowest BCUT2D eigenvalue weighted by Gasteiger charge is -2.19. The van der Waals surface area contributed by atoms with Crippen molar-refractivity contribution in [2.75, 3.05) is 6.54 Å². The van der Waals surface area contributed by atoms with Gasteiger partial charge in [0, 0.05) is 18.2 Å². The highest BCUT2D eigenvalue weighted by Gasteiger charge is 2.16. The molecule has 100 valence electrons. The van der Waals surface area contributed by atoms with Crippen LogP contribution in [0, 0.1) is 5.92 Å². The molecule has 0 radical (unpaired) electrons. The summed E-state index contributed by atoms with van der Waals surface area (Å²) in [5, 5.41) is 0. The minimum absolute atomic E-state index is 0.510. The summed E-state index contributed by atoms with van der Waals surface area (Å²) in [6, 6.07) is 10.6. The van der Waals surface area contributed by atoms with Crippen molar-refractivity contribution in [1.29, 1.82) is 0 Å². The van der Waals surface area contributed by atoms with Gasteiger partial charge in [-0.25, -0.2) is 0 Å². The molecule has 1 aromatic rings. The van der Waals surface area contributed by atoms with E-state index in [0.29, 0.717) is 5.92 Å². The van der Waals surface area contributed by atoms with Gasteiger partial charge in [0.2, 0.25) is 0 Å². The van der Waals surface area contributed by atoms with Crippen LogP contribution >= 0.6 is 0 Å². The molecule has 0 N–H and O–H groups in total. The highest BCUT2D eigenvalue weighted by atomic mass is 14.7. The zero-order valence-corrected chi connectivity index (χ0v) is 12.0. The van der Waals surface area contributed by atoms with E-state index in [1.54, 1.807) is 0 Å². The van der Waals surface area contributed by atoms with Crippen LogP contribution in [0.1, 0.15) is 32.3 Å². The largest absolute Gasteiger partial charge is 0.289 e. The smallest absolute Gasteiger partial charge is 0.0448 e. The van der Waals surface area contributed by atoms with E-state index in [0.717, 1.165) is 25.8 Å². The molecule has 0 fully saturated rings. The Hall–Kier alpha value is -1.63. The third-order valence-electron chi connectivity index (χ3n) is 3.67. The van der Waals surface area contributed by atoms with Gasteiger partial charge in [0.25, 0.3) is 0 Å².